The molecule has 1 aliphatic carbocycles. The van der Waals surface area contributed by atoms with Crippen LogP contribution in [0.2, 0.25) is 5.02 Å². The standard InChI is InChI=1S/C14H17ClFN3/c15-10-6-13-12(7-11(10)16)18-14(17)19(13)8-9-4-2-1-3-5-9/h6-7,9H,1-5,8H2,(H2,17,18). The molecule has 0 radical (unpaired) electrons. The van der Waals surface area contributed by atoms with Gasteiger partial charge in [-0.1, -0.05) is 30.9 Å². The van der Waals surface area contributed by atoms with Crippen molar-refractivity contribution in [2.75, 3.05) is 5.73 Å². The van der Waals surface area contributed by atoms with E-state index in [1.807, 2.05) is 4.57 Å². The molecule has 102 valence electrons. The highest BCUT2D eigenvalue weighted by Gasteiger charge is 2.18. The molecule has 1 fully saturated rings. The van der Waals surface area contributed by atoms with Gasteiger partial charge in [0, 0.05) is 12.6 Å². The summed E-state index contributed by atoms with van der Waals surface area (Å²) in [4.78, 5) is 4.22. The summed E-state index contributed by atoms with van der Waals surface area (Å²) in [5, 5.41) is 0.122. The highest BCUT2D eigenvalue weighted by atomic mass is 35.5. The van der Waals surface area contributed by atoms with Crippen LogP contribution in [0.4, 0.5) is 10.3 Å². The van der Waals surface area contributed by atoms with Gasteiger partial charge in [0.2, 0.25) is 5.95 Å². The Morgan fingerprint density at radius 1 is 1.32 bits per heavy atom. The molecule has 1 aromatic carbocycles. The van der Waals surface area contributed by atoms with Crippen molar-refractivity contribution in [2.24, 2.45) is 5.92 Å². The minimum atomic E-state index is -0.448. The monoisotopic (exact) mass is 281 g/mol. The van der Waals surface area contributed by atoms with Gasteiger partial charge in [-0.2, -0.15) is 0 Å². The van der Waals surface area contributed by atoms with E-state index in [9.17, 15) is 4.39 Å². The molecule has 0 unspecified atom stereocenters. The Balaban J connectivity index is 1.97. The Bertz CT molecular complexity index is 602. The normalized spacial score (nSPS) is 17.2. The number of aromatic nitrogens is 2. The van der Waals surface area contributed by atoms with E-state index in [0.29, 0.717) is 17.4 Å². The van der Waals surface area contributed by atoms with E-state index in [-0.39, 0.29) is 5.02 Å². The molecule has 3 nitrogen and oxygen atoms in total. The molecule has 0 bridgehead atoms. The first-order valence-electron chi connectivity index (χ1n) is 6.76. The Morgan fingerprint density at radius 3 is 2.79 bits per heavy atom. The molecule has 0 aliphatic heterocycles. The smallest absolute Gasteiger partial charge is 0.201 e. The molecule has 0 atom stereocenters. The number of fused-ring (bicyclic) bond motifs is 1. The summed E-state index contributed by atoms with van der Waals surface area (Å²) in [5.74, 6) is 0.635. The second-order valence-corrected chi connectivity index (χ2v) is 5.75. The van der Waals surface area contributed by atoms with Gasteiger partial charge in [0.1, 0.15) is 5.82 Å². The maximum atomic E-state index is 13.4. The second kappa shape index (κ2) is 5.00. The van der Waals surface area contributed by atoms with E-state index >= 15 is 0 Å². The van der Waals surface area contributed by atoms with Gasteiger partial charge in [-0.25, -0.2) is 9.37 Å². The zero-order valence-electron chi connectivity index (χ0n) is 10.7. The van der Waals surface area contributed by atoms with Crippen molar-refractivity contribution in [3.8, 4) is 0 Å². The van der Waals surface area contributed by atoms with E-state index in [4.69, 9.17) is 17.3 Å². The fourth-order valence-corrected chi connectivity index (χ4v) is 3.12. The zero-order chi connectivity index (χ0) is 13.4. The Morgan fingerprint density at radius 2 is 2.05 bits per heavy atom. The lowest BCUT2D eigenvalue weighted by molar-refractivity contribution is 0.323. The fraction of sp³-hybridized carbons (Fsp3) is 0.500. The number of hydrogen-bond acceptors (Lipinski definition) is 2. The van der Waals surface area contributed by atoms with Crippen molar-refractivity contribution >= 4 is 28.6 Å². The van der Waals surface area contributed by atoms with E-state index in [2.05, 4.69) is 4.98 Å². The molecule has 1 heterocycles. The minimum absolute atomic E-state index is 0.122. The van der Waals surface area contributed by atoms with Crippen LogP contribution in [0.15, 0.2) is 12.1 Å². The average Bonchev–Trinajstić information content (AvgIpc) is 2.68. The molecule has 0 amide bonds. The lowest BCUT2D eigenvalue weighted by Crippen LogP contribution is -2.15. The van der Waals surface area contributed by atoms with Crippen LogP contribution in [0.1, 0.15) is 32.1 Å². The van der Waals surface area contributed by atoms with Gasteiger partial charge in [-0.15, -0.1) is 0 Å². The lowest BCUT2D eigenvalue weighted by atomic mass is 9.89. The Hall–Kier alpha value is -1.29. The van der Waals surface area contributed by atoms with Crippen LogP contribution in [0.25, 0.3) is 11.0 Å². The van der Waals surface area contributed by atoms with Gasteiger partial charge in [0.25, 0.3) is 0 Å². The third-order valence-corrected chi connectivity index (χ3v) is 4.27. The zero-order valence-corrected chi connectivity index (χ0v) is 11.5. The number of halogens is 2. The number of nitrogens with zero attached hydrogens (tertiary/aromatic N) is 2. The van der Waals surface area contributed by atoms with E-state index in [1.165, 1.54) is 38.2 Å². The van der Waals surface area contributed by atoms with Crippen molar-refractivity contribution < 1.29 is 4.39 Å². The molecule has 1 saturated carbocycles. The SMILES string of the molecule is Nc1nc2cc(F)c(Cl)cc2n1CC1CCCCC1. The summed E-state index contributed by atoms with van der Waals surface area (Å²) >= 11 is 5.85. The molecule has 5 heteroatoms. The molecule has 19 heavy (non-hydrogen) atoms. The van der Waals surface area contributed by atoms with Crippen molar-refractivity contribution in [2.45, 2.75) is 38.6 Å². The molecule has 3 rings (SSSR count). The quantitative estimate of drug-likeness (QED) is 0.904. The average molecular weight is 282 g/mol. The van der Waals surface area contributed by atoms with Crippen molar-refractivity contribution in [3.63, 3.8) is 0 Å². The van der Waals surface area contributed by atoms with Gasteiger partial charge < -0.3 is 10.3 Å². The van der Waals surface area contributed by atoms with Gasteiger partial charge in [0.15, 0.2) is 0 Å². The van der Waals surface area contributed by atoms with Crippen LogP contribution in [-0.4, -0.2) is 9.55 Å². The van der Waals surface area contributed by atoms with Crippen LogP contribution < -0.4 is 5.73 Å². The summed E-state index contributed by atoms with van der Waals surface area (Å²) in [5.41, 5.74) is 7.36. The van der Waals surface area contributed by atoms with Gasteiger partial charge in [-0.3, -0.25) is 0 Å². The van der Waals surface area contributed by atoms with Crippen LogP contribution in [-0.2, 0) is 6.54 Å². The third kappa shape index (κ3) is 2.41. The number of benzene rings is 1. The van der Waals surface area contributed by atoms with Crippen molar-refractivity contribution in [1.82, 2.24) is 9.55 Å². The van der Waals surface area contributed by atoms with Gasteiger partial charge in [-0.05, 0) is 24.8 Å². The molecule has 2 aromatic rings. The van der Waals surface area contributed by atoms with Crippen molar-refractivity contribution in [1.29, 1.82) is 0 Å². The highest BCUT2D eigenvalue weighted by molar-refractivity contribution is 6.31. The first kappa shape index (κ1) is 12.7. The minimum Gasteiger partial charge on any atom is -0.369 e. The maximum absolute atomic E-state index is 13.4. The van der Waals surface area contributed by atoms with Crippen LogP contribution >= 0.6 is 11.6 Å². The summed E-state index contributed by atoms with van der Waals surface area (Å²) in [6, 6.07) is 2.98. The van der Waals surface area contributed by atoms with E-state index in [0.717, 1.165) is 12.1 Å². The number of nitrogens with two attached hydrogens (primary N) is 1. The summed E-state index contributed by atoms with van der Waals surface area (Å²) < 4.78 is 15.4. The molecular weight excluding hydrogens is 265 g/mol. The van der Waals surface area contributed by atoms with Crippen LogP contribution in [0.5, 0.6) is 0 Å². The molecule has 2 N–H and O–H groups in total. The number of hydrogen-bond donors (Lipinski definition) is 1. The third-order valence-electron chi connectivity index (χ3n) is 3.99. The number of imidazole rings is 1. The molecule has 0 spiro atoms. The lowest BCUT2D eigenvalue weighted by Gasteiger charge is -2.22. The van der Waals surface area contributed by atoms with E-state index < -0.39 is 5.82 Å². The highest BCUT2D eigenvalue weighted by Crippen LogP contribution is 2.29. The predicted octanol–water partition coefficient (Wildman–Crippen LogP) is 3.99. The summed E-state index contributed by atoms with van der Waals surface area (Å²) in [6.45, 7) is 0.851. The molecule has 1 aliphatic rings. The summed E-state index contributed by atoms with van der Waals surface area (Å²) in [6.07, 6.45) is 6.36. The largest absolute Gasteiger partial charge is 0.369 e. The van der Waals surface area contributed by atoms with Crippen LogP contribution in [0, 0.1) is 11.7 Å². The van der Waals surface area contributed by atoms with Gasteiger partial charge in [0.05, 0.1) is 16.1 Å². The van der Waals surface area contributed by atoms with E-state index in [1.54, 1.807) is 6.07 Å². The number of rotatable bonds is 2. The number of anilines is 1. The maximum Gasteiger partial charge on any atom is 0.201 e. The number of nitrogen functional groups attached to an aromatic ring is 1. The Labute approximate surface area is 116 Å². The molecular formula is C14H17ClFN3. The second-order valence-electron chi connectivity index (χ2n) is 5.34. The summed E-state index contributed by atoms with van der Waals surface area (Å²) in [7, 11) is 0. The van der Waals surface area contributed by atoms with Crippen LogP contribution in [0.3, 0.4) is 0 Å². The predicted molar refractivity (Wildman–Crippen MR) is 75.7 cm³/mol. The first-order valence-corrected chi connectivity index (χ1v) is 7.13. The Kier molecular flexibility index (Phi) is 3.35. The fourth-order valence-electron chi connectivity index (χ4n) is 2.96. The first-order chi connectivity index (χ1) is 9.15. The molecule has 0 saturated heterocycles. The molecule has 1 aromatic heterocycles. The van der Waals surface area contributed by atoms with Gasteiger partial charge >= 0.3 is 0 Å². The topological polar surface area (TPSA) is 43.8 Å². The van der Waals surface area contributed by atoms with Crippen molar-refractivity contribution in [3.05, 3.63) is 23.0 Å².